The Bertz CT molecular complexity index is 489. The monoisotopic (exact) mass is 292 g/mol. The van der Waals surface area contributed by atoms with E-state index in [9.17, 15) is 0 Å². The van der Waals surface area contributed by atoms with Crippen LogP contribution in [0.5, 0.6) is 0 Å². The van der Waals surface area contributed by atoms with E-state index in [4.69, 9.17) is 4.74 Å². The zero-order valence-corrected chi connectivity index (χ0v) is 13.7. The molecular weight excluding hydrogens is 264 g/mol. The number of aromatic nitrogens is 2. The molecule has 1 aliphatic heterocycles. The van der Waals surface area contributed by atoms with E-state index < -0.39 is 0 Å². The van der Waals surface area contributed by atoms with Gasteiger partial charge in [-0.15, -0.1) is 0 Å². The van der Waals surface area contributed by atoms with Gasteiger partial charge in [0, 0.05) is 45.0 Å². The van der Waals surface area contributed by atoms with Crippen molar-refractivity contribution in [3.8, 4) is 0 Å². The summed E-state index contributed by atoms with van der Waals surface area (Å²) < 4.78 is 7.29. The maximum atomic E-state index is 5.30. The van der Waals surface area contributed by atoms with Crippen molar-refractivity contribution < 1.29 is 4.74 Å². The quantitative estimate of drug-likeness (QED) is 0.812. The molecule has 1 aliphatic carbocycles. The summed E-state index contributed by atoms with van der Waals surface area (Å²) in [6.07, 6.45) is 0. The molecule has 5 nitrogen and oxygen atoms in total. The fourth-order valence-electron chi connectivity index (χ4n) is 3.84. The van der Waals surface area contributed by atoms with Crippen LogP contribution in [0.1, 0.15) is 17.0 Å². The van der Waals surface area contributed by atoms with Gasteiger partial charge < -0.3 is 10.1 Å². The minimum atomic E-state index is 0.804. The molecule has 1 aromatic rings. The zero-order chi connectivity index (χ0) is 15.0. The number of methoxy groups -OCH3 is 1. The first-order chi connectivity index (χ1) is 10.1. The van der Waals surface area contributed by atoms with E-state index in [-0.39, 0.29) is 0 Å². The van der Waals surface area contributed by atoms with Crippen molar-refractivity contribution in [3.05, 3.63) is 17.0 Å². The summed E-state index contributed by atoms with van der Waals surface area (Å²) in [4.78, 5) is 2.56. The van der Waals surface area contributed by atoms with Gasteiger partial charge in [0.15, 0.2) is 0 Å². The second-order valence-corrected chi connectivity index (χ2v) is 6.65. The van der Waals surface area contributed by atoms with E-state index in [1.165, 1.54) is 30.9 Å². The predicted molar refractivity (Wildman–Crippen MR) is 83.2 cm³/mol. The second-order valence-electron chi connectivity index (χ2n) is 6.65. The molecule has 0 bridgehead atoms. The SMILES string of the molecule is COCCN(Cc1c(C)nn(C)c1C)CC1[C@H]2CNC[C@@H]12. The summed E-state index contributed by atoms with van der Waals surface area (Å²) in [6, 6.07) is 0. The highest BCUT2D eigenvalue weighted by Crippen LogP contribution is 2.49. The van der Waals surface area contributed by atoms with Gasteiger partial charge in [-0.2, -0.15) is 5.10 Å². The third kappa shape index (κ3) is 3.00. The fourth-order valence-corrected chi connectivity index (χ4v) is 3.84. The summed E-state index contributed by atoms with van der Waals surface area (Å²) in [7, 11) is 3.82. The summed E-state index contributed by atoms with van der Waals surface area (Å²) >= 11 is 0. The van der Waals surface area contributed by atoms with Gasteiger partial charge in [-0.25, -0.2) is 0 Å². The highest BCUT2D eigenvalue weighted by Gasteiger charge is 2.52. The molecule has 0 amide bonds. The van der Waals surface area contributed by atoms with Crippen LogP contribution in [0.3, 0.4) is 0 Å². The number of ether oxygens (including phenoxy) is 1. The average molecular weight is 292 g/mol. The zero-order valence-electron chi connectivity index (χ0n) is 13.7. The molecule has 2 aliphatic rings. The lowest BCUT2D eigenvalue weighted by molar-refractivity contribution is 0.138. The number of hydrogen-bond donors (Lipinski definition) is 1. The van der Waals surface area contributed by atoms with Crippen molar-refractivity contribution >= 4 is 0 Å². The average Bonchev–Trinajstić information content (AvgIpc) is 2.81. The third-order valence-corrected chi connectivity index (χ3v) is 5.39. The molecule has 1 saturated carbocycles. The third-order valence-electron chi connectivity index (χ3n) is 5.39. The van der Waals surface area contributed by atoms with Gasteiger partial charge in [-0.05, 0) is 44.7 Å². The van der Waals surface area contributed by atoms with E-state index in [1.807, 2.05) is 11.7 Å². The molecule has 2 heterocycles. The molecular formula is C16H28N4O. The van der Waals surface area contributed by atoms with Gasteiger partial charge in [-0.1, -0.05) is 0 Å². The molecule has 0 spiro atoms. The van der Waals surface area contributed by atoms with Gasteiger partial charge >= 0.3 is 0 Å². The Hall–Kier alpha value is -0.910. The van der Waals surface area contributed by atoms with Crippen LogP contribution >= 0.6 is 0 Å². The van der Waals surface area contributed by atoms with E-state index in [2.05, 4.69) is 29.2 Å². The number of hydrogen-bond acceptors (Lipinski definition) is 4. The van der Waals surface area contributed by atoms with Gasteiger partial charge in [0.2, 0.25) is 0 Å². The molecule has 1 saturated heterocycles. The number of aryl methyl sites for hydroxylation is 2. The van der Waals surface area contributed by atoms with Crippen molar-refractivity contribution in [2.24, 2.45) is 24.8 Å². The van der Waals surface area contributed by atoms with E-state index in [0.717, 1.165) is 43.1 Å². The van der Waals surface area contributed by atoms with Crippen molar-refractivity contribution in [1.29, 1.82) is 0 Å². The second kappa shape index (κ2) is 6.07. The Kier molecular flexibility index (Phi) is 4.33. The van der Waals surface area contributed by atoms with Crippen LogP contribution in [-0.4, -0.2) is 54.6 Å². The molecule has 21 heavy (non-hydrogen) atoms. The minimum Gasteiger partial charge on any atom is -0.383 e. The summed E-state index contributed by atoms with van der Waals surface area (Å²) in [5, 5.41) is 8.03. The summed E-state index contributed by atoms with van der Waals surface area (Å²) in [5.41, 5.74) is 3.83. The van der Waals surface area contributed by atoms with Crippen molar-refractivity contribution in [2.45, 2.75) is 20.4 Å². The largest absolute Gasteiger partial charge is 0.383 e. The van der Waals surface area contributed by atoms with Gasteiger partial charge in [0.1, 0.15) is 0 Å². The number of piperidine rings is 1. The lowest BCUT2D eigenvalue weighted by atomic mass is 10.1. The Morgan fingerprint density at radius 3 is 2.62 bits per heavy atom. The van der Waals surface area contributed by atoms with Crippen LogP contribution in [0.25, 0.3) is 0 Å². The molecule has 1 N–H and O–H groups in total. The van der Waals surface area contributed by atoms with Gasteiger partial charge in [-0.3, -0.25) is 9.58 Å². The lowest BCUT2D eigenvalue weighted by Crippen LogP contribution is -2.31. The van der Waals surface area contributed by atoms with Crippen LogP contribution in [0.2, 0.25) is 0 Å². The van der Waals surface area contributed by atoms with Crippen molar-refractivity contribution in [1.82, 2.24) is 20.0 Å². The van der Waals surface area contributed by atoms with Crippen LogP contribution < -0.4 is 5.32 Å². The Balaban J connectivity index is 1.64. The van der Waals surface area contributed by atoms with E-state index in [0.29, 0.717) is 0 Å². The maximum Gasteiger partial charge on any atom is 0.0641 e. The standard InChI is InChI=1S/C16H28N4O/c1-11-15(12(2)19(3)18-11)9-20(5-6-21-4)10-16-13-7-17-8-14(13)16/h13-14,16-17H,5-10H2,1-4H3/t13-,14+,16?. The number of rotatable bonds is 7. The van der Waals surface area contributed by atoms with Gasteiger partial charge in [0.25, 0.3) is 0 Å². The molecule has 0 radical (unpaired) electrons. The number of nitrogens with zero attached hydrogens (tertiary/aromatic N) is 3. The van der Waals surface area contributed by atoms with Crippen LogP contribution in [-0.2, 0) is 18.3 Å². The molecule has 5 heteroatoms. The maximum absolute atomic E-state index is 5.30. The summed E-state index contributed by atoms with van der Waals surface area (Å²) in [5.74, 6) is 2.73. The first kappa shape index (κ1) is 15.0. The highest BCUT2D eigenvalue weighted by atomic mass is 16.5. The smallest absolute Gasteiger partial charge is 0.0641 e. The topological polar surface area (TPSA) is 42.3 Å². The van der Waals surface area contributed by atoms with Crippen LogP contribution in [0.15, 0.2) is 0 Å². The predicted octanol–water partition coefficient (Wildman–Crippen LogP) is 0.951. The first-order valence-electron chi connectivity index (χ1n) is 8.03. The van der Waals surface area contributed by atoms with E-state index >= 15 is 0 Å². The molecule has 3 atom stereocenters. The van der Waals surface area contributed by atoms with E-state index in [1.54, 1.807) is 7.11 Å². The first-order valence-corrected chi connectivity index (χ1v) is 8.03. The van der Waals surface area contributed by atoms with Crippen molar-refractivity contribution in [2.75, 3.05) is 39.9 Å². The number of nitrogens with one attached hydrogen (secondary N) is 1. The molecule has 118 valence electrons. The molecule has 3 rings (SSSR count). The summed E-state index contributed by atoms with van der Waals surface area (Å²) in [6.45, 7) is 10.7. The Labute approximate surface area is 127 Å². The molecule has 0 aromatic carbocycles. The highest BCUT2D eigenvalue weighted by molar-refractivity contribution is 5.24. The minimum absolute atomic E-state index is 0.804. The van der Waals surface area contributed by atoms with Crippen LogP contribution in [0, 0.1) is 31.6 Å². The van der Waals surface area contributed by atoms with Crippen LogP contribution in [0.4, 0.5) is 0 Å². The molecule has 1 unspecified atom stereocenters. The normalized spacial score (nSPS) is 27.4. The molecule has 1 aromatic heterocycles. The Morgan fingerprint density at radius 2 is 2.05 bits per heavy atom. The van der Waals surface area contributed by atoms with Crippen molar-refractivity contribution in [3.63, 3.8) is 0 Å². The Morgan fingerprint density at radius 1 is 1.33 bits per heavy atom. The van der Waals surface area contributed by atoms with Gasteiger partial charge in [0.05, 0.1) is 12.3 Å². The lowest BCUT2D eigenvalue weighted by Gasteiger charge is -2.23. The number of fused-ring (bicyclic) bond motifs is 1. The molecule has 2 fully saturated rings. The fraction of sp³-hybridized carbons (Fsp3) is 0.812.